The molecule has 1 N–H and O–H groups in total. The molecule has 162 valence electrons. The van der Waals surface area contributed by atoms with Crippen LogP contribution in [-0.4, -0.2) is 48.4 Å². The maximum atomic E-state index is 12.7. The van der Waals surface area contributed by atoms with Gasteiger partial charge in [0.25, 0.3) is 5.91 Å². The summed E-state index contributed by atoms with van der Waals surface area (Å²) in [5.41, 5.74) is 3.82. The van der Waals surface area contributed by atoms with Crippen LogP contribution in [-0.2, 0) is 0 Å². The van der Waals surface area contributed by atoms with Crippen molar-refractivity contribution in [2.75, 3.05) is 26.2 Å². The van der Waals surface area contributed by atoms with E-state index in [-0.39, 0.29) is 17.3 Å². The molecule has 4 rings (SSSR count). The van der Waals surface area contributed by atoms with Crippen molar-refractivity contribution in [1.82, 2.24) is 10.2 Å². The maximum Gasteiger partial charge on any atom is 0.253 e. The largest absolute Gasteiger partial charge is 0.482 e. The number of ether oxygens (including phenoxy) is 1. The van der Waals surface area contributed by atoms with Gasteiger partial charge in [-0.1, -0.05) is 24.3 Å². The molecular weight excluding hydrogens is 388 g/mol. The Balaban J connectivity index is 1.80. The first-order valence-electron chi connectivity index (χ1n) is 11.1. The molecule has 0 unspecified atom stereocenters. The van der Waals surface area contributed by atoms with Crippen molar-refractivity contribution >= 4 is 17.3 Å². The van der Waals surface area contributed by atoms with E-state index >= 15 is 0 Å². The number of ketones is 1. The number of nitrogens with one attached hydrogen (secondary N) is 1. The zero-order valence-electron chi connectivity index (χ0n) is 18.5. The number of benzene rings is 2. The standard InChI is InChI=1S/C26H30N2O3/c1-4-28(5-2)25(30)20-11-9-19(10-12-20)22-17-26(13-15-27-16-14-26)31-23-8-6-7-21(18(3)29)24(22)23/h6-12,17,27H,4-5,13-16H2,1-3H3. The number of rotatable bonds is 5. The van der Waals surface area contributed by atoms with Gasteiger partial charge in [0, 0.05) is 42.6 Å². The zero-order valence-corrected chi connectivity index (χ0v) is 18.5. The van der Waals surface area contributed by atoms with E-state index in [0.29, 0.717) is 24.2 Å². The fraction of sp³-hybridized carbons (Fsp3) is 0.385. The van der Waals surface area contributed by atoms with Gasteiger partial charge in [-0.25, -0.2) is 0 Å². The second-order valence-corrected chi connectivity index (χ2v) is 8.26. The van der Waals surface area contributed by atoms with Crippen LogP contribution in [0.15, 0.2) is 48.5 Å². The Kier molecular flexibility index (Phi) is 5.96. The average Bonchev–Trinajstić information content (AvgIpc) is 2.79. The lowest BCUT2D eigenvalue weighted by atomic mass is 9.81. The fourth-order valence-electron chi connectivity index (χ4n) is 4.58. The summed E-state index contributed by atoms with van der Waals surface area (Å²) in [6, 6.07) is 13.5. The highest BCUT2D eigenvalue weighted by atomic mass is 16.5. The van der Waals surface area contributed by atoms with E-state index in [4.69, 9.17) is 4.74 Å². The topological polar surface area (TPSA) is 58.6 Å². The number of nitrogens with zero attached hydrogens (tertiary/aromatic N) is 1. The molecule has 0 atom stereocenters. The van der Waals surface area contributed by atoms with Crippen LogP contribution < -0.4 is 10.1 Å². The van der Waals surface area contributed by atoms with E-state index < -0.39 is 0 Å². The van der Waals surface area contributed by atoms with Gasteiger partial charge in [0.2, 0.25) is 0 Å². The second kappa shape index (κ2) is 8.67. The van der Waals surface area contributed by atoms with E-state index in [2.05, 4.69) is 11.4 Å². The zero-order chi connectivity index (χ0) is 22.0. The van der Waals surface area contributed by atoms with Crippen molar-refractivity contribution in [3.05, 3.63) is 70.8 Å². The number of carbonyl (C=O) groups is 2. The van der Waals surface area contributed by atoms with Crippen molar-refractivity contribution in [3.8, 4) is 5.75 Å². The molecule has 0 aliphatic carbocycles. The first kappa shape index (κ1) is 21.3. The predicted molar refractivity (Wildman–Crippen MR) is 123 cm³/mol. The number of amides is 1. The minimum absolute atomic E-state index is 0.0148. The summed E-state index contributed by atoms with van der Waals surface area (Å²) in [6.45, 7) is 8.72. The molecule has 1 amide bonds. The van der Waals surface area contributed by atoms with Crippen molar-refractivity contribution in [3.63, 3.8) is 0 Å². The van der Waals surface area contributed by atoms with Crippen LogP contribution in [0, 0.1) is 0 Å². The number of hydrogen-bond acceptors (Lipinski definition) is 4. The van der Waals surface area contributed by atoms with Crippen molar-refractivity contribution < 1.29 is 14.3 Å². The summed E-state index contributed by atoms with van der Waals surface area (Å²) in [5, 5.41) is 3.40. The van der Waals surface area contributed by atoms with E-state index in [9.17, 15) is 9.59 Å². The van der Waals surface area contributed by atoms with Gasteiger partial charge in [0.05, 0.1) is 0 Å². The third-order valence-electron chi connectivity index (χ3n) is 6.34. The van der Waals surface area contributed by atoms with Crippen molar-refractivity contribution in [2.24, 2.45) is 0 Å². The highest BCUT2D eigenvalue weighted by molar-refractivity contribution is 6.03. The van der Waals surface area contributed by atoms with E-state index in [1.807, 2.05) is 61.2 Å². The van der Waals surface area contributed by atoms with E-state index in [1.165, 1.54) is 0 Å². The van der Waals surface area contributed by atoms with Gasteiger partial charge in [-0.15, -0.1) is 0 Å². The van der Waals surface area contributed by atoms with Crippen LogP contribution in [0.5, 0.6) is 5.75 Å². The molecule has 2 aromatic carbocycles. The van der Waals surface area contributed by atoms with Crippen molar-refractivity contribution in [1.29, 1.82) is 0 Å². The Bertz CT molecular complexity index is 1010. The quantitative estimate of drug-likeness (QED) is 0.735. The van der Waals surface area contributed by atoms with Gasteiger partial charge in [-0.3, -0.25) is 9.59 Å². The highest BCUT2D eigenvalue weighted by Gasteiger charge is 2.38. The van der Waals surface area contributed by atoms with Crippen LogP contribution in [0.4, 0.5) is 0 Å². The Morgan fingerprint density at radius 3 is 2.32 bits per heavy atom. The molecule has 1 spiro atoms. The summed E-state index contributed by atoms with van der Waals surface area (Å²) >= 11 is 0. The molecule has 2 aliphatic rings. The molecule has 2 aromatic rings. The van der Waals surface area contributed by atoms with Crippen LogP contribution in [0.1, 0.15) is 65.5 Å². The summed E-state index contributed by atoms with van der Waals surface area (Å²) in [4.78, 5) is 26.9. The number of hydrogen-bond donors (Lipinski definition) is 1. The van der Waals surface area contributed by atoms with Crippen LogP contribution in [0.25, 0.3) is 5.57 Å². The SMILES string of the molecule is CCN(CC)C(=O)c1ccc(C2=CC3(CCNCC3)Oc3cccc(C(C)=O)c32)cc1. The summed E-state index contributed by atoms with van der Waals surface area (Å²) in [6.07, 6.45) is 3.95. The molecule has 5 nitrogen and oxygen atoms in total. The number of carbonyl (C=O) groups excluding carboxylic acids is 2. The van der Waals surface area contributed by atoms with Gasteiger partial charge >= 0.3 is 0 Å². The highest BCUT2D eigenvalue weighted by Crippen LogP contribution is 2.44. The molecule has 2 aliphatic heterocycles. The minimum Gasteiger partial charge on any atom is -0.482 e. The van der Waals surface area contributed by atoms with Gasteiger partial charge in [-0.05, 0) is 69.3 Å². The average molecular weight is 419 g/mol. The molecule has 31 heavy (non-hydrogen) atoms. The smallest absolute Gasteiger partial charge is 0.253 e. The number of piperidine rings is 1. The lowest BCUT2D eigenvalue weighted by Gasteiger charge is -2.40. The van der Waals surface area contributed by atoms with E-state index in [1.54, 1.807) is 6.92 Å². The molecule has 0 bridgehead atoms. The summed E-state index contributed by atoms with van der Waals surface area (Å²) in [7, 11) is 0. The second-order valence-electron chi connectivity index (χ2n) is 8.26. The van der Waals surface area contributed by atoms with E-state index in [0.717, 1.165) is 48.4 Å². The normalized spacial score (nSPS) is 16.8. The first-order chi connectivity index (χ1) is 15.0. The first-order valence-corrected chi connectivity index (χ1v) is 11.1. The van der Waals surface area contributed by atoms with Crippen LogP contribution in [0.2, 0.25) is 0 Å². The Morgan fingerprint density at radius 1 is 1.03 bits per heavy atom. The summed E-state index contributed by atoms with van der Waals surface area (Å²) < 4.78 is 6.50. The Labute approximate surface area is 184 Å². The molecule has 1 fully saturated rings. The lowest BCUT2D eigenvalue weighted by Crippen LogP contribution is -2.46. The molecule has 2 heterocycles. The molecule has 0 saturated carbocycles. The third kappa shape index (κ3) is 4.02. The Hall–Kier alpha value is -2.92. The molecule has 1 saturated heterocycles. The minimum atomic E-state index is -0.376. The van der Waals surface area contributed by atoms with Gasteiger partial charge < -0.3 is 15.0 Å². The third-order valence-corrected chi connectivity index (χ3v) is 6.34. The number of Topliss-reactive ketones (excluding diaryl/α,β-unsaturated/α-hetero) is 1. The fourth-order valence-corrected chi connectivity index (χ4v) is 4.58. The maximum absolute atomic E-state index is 12.7. The van der Waals surface area contributed by atoms with Crippen LogP contribution >= 0.6 is 0 Å². The summed E-state index contributed by atoms with van der Waals surface area (Å²) in [5.74, 6) is 0.813. The van der Waals surface area contributed by atoms with Gasteiger partial charge in [-0.2, -0.15) is 0 Å². The molecule has 5 heteroatoms. The molecule has 0 aromatic heterocycles. The Morgan fingerprint density at radius 2 is 1.71 bits per heavy atom. The lowest BCUT2D eigenvalue weighted by molar-refractivity contribution is 0.0772. The monoisotopic (exact) mass is 418 g/mol. The van der Waals surface area contributed by atoms with Gasteiger partial charge in [0.15, 0.2) is 5.78 Å². The molecule has 0 radical (unpaired) electrons. The number of fused-ring (bicyclic) bond motifs is 1. The van der Waals surface area contributed by atoms with Crippen molar-refractivity contribution in [2.45, 2.75) is 39.2 Å². The van der Waals surface area contributed by atoms with Crippen LogP contribution in [0.3, 0.4) is 0 Å². The predicted octanol–water partition coefficient (Wildman–Crippen LogP) is 4.32. The molecular formula is C26H30N2O3. The van der Waals surface area contributed by atoms with Gasteiger partial charge in [0.1, 0.15) is 11.4 Å².